The Kier molecular flexibility index (Phi) is 3.84. The van der Waals surface area contributed by atoms with Crippen LogP contribution < -0.4 is 5.32 Å². The summed E-state index contributed by atoms with van der Waals surface area (Å²) in [6.45, 7) is 4.04. The van der Waals surface area contributed by atoms with E-state index >= 15 is 0 Å². The van der Waals surface area contributed by atoms with Gasteiger partial charge in [0, 0.05) is 17.8 Å². The highest BCUT2D eigenvalue weighted by atomic mass is 16.6. The van der Waals surface area contributed by atoms with Gasteiger partial charge in [0.2, 0.25) is 0 Å². The lowest BCUT2D eigenvalue weighted by atomic mass is 10.1. The predicted octanol–water partition coefficient (Wildman–Crippen LogP) is 2.68. The van der Waals surface area contributed by atoms with Gasteiger partial charge in [0.25, 0.3) is 5.69 Å². The summed E-state index contributed by atoms with van der Waals surface area (Å²) >= 11 is 0. The largest absolute Gasteiger partial charge is 0.383 e. The molecular formula is C11H13N3O2. The number of benzene rings is 1. The first-order chi connectivity index (χ1) is 7.58. The molecule has 5 heteroatoms. The zero-order valence-electron chi connectivity index (χ0n) is 9.23. The average Bonchev–Trinajstić information content (AvgIpc) is 2.28. The molecule has 1 unspecified atom stereocenters. The summed E-state index contributed by atoms with van der Waals surface area (Å²) in [6, 6.07) is 6.57. The highest BCUT2D eigenvalue weighted by molar-refractivity contribution is 5.58. The van der Waals surface area contributed by atoms with Crippen molar-refractivity contribution in [2.75, 3.05) is 5.32 Å². The zero-order valence-corrected chi connectivity index (χ0v) is 9.23. The van der Waals surface area contributed by atoms with Crippen molar-refractivity contribution in [3.05, 3.63) is 33.9 Å². The Balaban J connectivity index is 3.01. The normalized spacial score (nSPS) is 11.6. The third-order valence-corrected chi connectivity index (χ3v) is 2.34. The molecule has 0 heterocycles. The summed E-state index contributed by atoms with van der Waals surface area (Å²) in [5, 5.41) is 22.6. The van der Waals surface area contributed by atoms with Crippen molar-refractivity contribution < 1.29 is 4.92 Å². The number of anilines is 1. The molecule has 0 aliphatic carbocycles. The maximum atomic E-state index is 10.6. The van der Waals surface area contributed by atoms with Gasteiger partial charge in [-0.1, -0.05) is 6.92 Å². The molecule has 0 bridgehead atoms. The second-order valence-electron chi connectivity index (χ2n) is 3.55. The first-order valence-corrected chi connectivity index (χ1v) is 5.03. The fraction of sp³-hybridized carbons (Fsp3) is 0.364. The van der Waals surface area contributed by atoms with E-state index in [4.69, 9.17) is 5.26 Å². The van der Waals surface area contributed by atoms with Crippen molar-refractivity contribution in [1.82, 2.24) is 0 Å². The molecule has 1 atom stereocenters. The van der Waals surface area contributed by atoms with Crippen LogP contribution in [0.5, 0.6) is 0 Å². The van der Waals surface area contributed by atoms with Gasteiger partial charge in [-0.05, 0) is 25.5 Å². The number of nitrogens with zero attached hydrogens (tertiary/aromatic N) is 2. The second kappa shape index (κ2) is 5.12. The minimum atomic E-state index is -0.550. The molecule has 0 saturated heterocycles. The minimum Gasteiger partial charge on any atom is -0.383 e. The smallest absolute Gasteiger partial charge is 0.287 e. The monoisotopic (exact) mass is 219 g/mol. The van der Waals surface area contributed by atoms with Crippen LogP contribution >= 0.6 is 0 Å². The van der Waals surface area contributed by atoms with Gasteiger partial charge in [-0.25, -0.2) is 0 Å². The summed E-state index contributed by atoms with van der Waals surface area (Å²) in [7, 11) is 0. The lowest BCUT2D eigenvalue weighted by Crippen LogP contribution is -2.13. The van der Waals surface area contributed by atoms with E-state index in [1.54, 1.807) is 6.07 Å². The highest BCUT2D eigenvalue weighted by Gasteiger charge is 2.13. The van der Waals surface area contributed by atoms with E-state index in [0.717, 1.165) is 12.1 Å². The van der Waals surface area contributed by atoms with Gasteiger partial charge in [-0.2, -0.15) is 5.26 Å². The molecule has 0 fully saturated rings. The Morgan fingerprint density at radius 3 is 2.81 bits per heavy atom. The van der Waals surface area contributed by atoms with E-state index in [9.17, 15) is 10.1 Å². The lowest BCUT2D eigenvalue weighted by molar-refractivity contribution is -0.385. The number of nitrogens with one attached hydrogen (secondary N) is 1. The van der Waals surface area contributed by atoms with Crippen LogP contribution in [0.3, 0.4) is 0 Å². The molecule has 5 nitrogen and oxygen atoms in total. The number of hydrogen-bond donors (Lipinski definition) is 1. The highest BCUT2D eigenvalue weighted by Crippen LogP contribution is 2.22. The topological polar surface area (TPSA) is 79.0 Å². The van der Waals surface area contributed by atoms with Crippen LogP contribution in [0.25, 0.3) is 0 Å². The minimum absolute atomic E-state index is 0.0818. The zero-order chi connectivity index (χ0) is 12.1. The first kappa shape index (κ1) is 12.0. The molecule has 16 heavy (non-hydrogen) atoms. The molecule has 1 rings (SSSR count). The van der Waals surface area contributed by atoms with Crippen molar-refractivity contribution >= 4 is 11.4 Å². The molecule has 1 aromatic rings. The molecule has 1 N–H and O–H groups in total. The second-order valence-corrected chi connectivity index (χ2v) is 3.55. The van der Waals surface area contributed by atoms with Crippen LogP contribution in [0, 0.1) is 21.4 Å². The van der Waals surface area contributed by atoms with Crippen LogP contribution in [0.2, 0.25) is 0 Å². The third kappa shape index (κ3) is 2.70. The van der Waals surface area contributed by atoms with E-state index in [2.05, 4.69) is 5.32 Å². The van der Waals surface area contributed by atoms with Gasteiger partial charge in [0.05, 0.1) is 4.92 Å². The van der Waals surface area contributed by atoms with E-state index in [-0.39, 0.29) is 17.3 Å². The van der Waals surface area contributed by atoms with Crippen molar-refractivity contribution in [3.8, 4) is 6.07 Å². The van der Waals surface area contributed by atoms with Crippen molar-refractivity contribution in [2.45, 2.75) is 26.3 Å². The van der Waals surface area contributed by atoms with Gasteiger partial charge in [-0.3, -0.25) is 10.1 Å². The molecule has 0 spiro atoms. The van der Waals surface area contributed by atoms with E-state index in [1.165, 1.54) is 12.1 Å². The summed E-state index contributed by atoms with van der Waals surface area (Å²) in [5.74, 6) is 0. The Morgan fingerprint density at radius 2 is 2.31 bits per heavy atom. The van der Waals surface area contributed by atoms with Gasteiger partial charge in [-0.15, -0.1) is 0 Å². The average molecular weight is 219 g/mol. The lowest BCUT2D eigenvalue weighted by Gasteiger charge is -2.12. The molecular weight excluding hydrogens is 206 g/mol. The maximum Gasteiger partial charge on any atom is 0.287 e. The van der Waals surface area contributed by atoms with Crippen molar-refractivity contribution in [3.63, 3.8) is 0 Å². The van der Waals surface area contributed by atoms with Crippen molar-refractivity contribution in [2.24, 2.45) is 0 Å². The molecule has 0 saturated carbocycles. The molecule has 0 radical (unpaired) electrons. The van der Waals surface area contributed by atoms with Gasteiger partial charge >= 0.3 is 0 Å². The molecule has 84 valence electrons. The van der Waals surface area contributed by atoms with Crippen molar-refractivity contribution in [1.29, 1.82) is 5.26 Å². The number of nitro groups is 1. The molecule has 0 amide bonds. The number of rotatable bonds is 4. The van der Waals surface area contributed by atoms with Crippen LogP contribution in [-0.2, 0) is 0 Å². The summed E-state index contributed by atoms with van der Waals surface area (Å²) in [6.07, 6.45) is 0.943. The predicted molar refractivity (Wildman–Crippen MR) is 61.2 cm³/mol. The Bertz CT molecular complexity index is 437. The number of nitro benzene ring substituents is 1. The van der Waals surface area contributed by atoms with Crippen LogP contribution in [0.4, 0.5) is 11.4 Å². The fourth-order valence-corrected chi connectivity index (χ4v) is 1.26. The molecule has 1 aromatic carbocycles. The summed E-state index contributed by atoms with van der Waals surface area (Å²) in [4.78, 5) is 10.1. The van der Waals surface area contributed by atoms with Crippen LogP contribution in [0.1, 0.15) is 25.8 Å². The Labute approximate surface area is 93.9 Å². The standard InChI is InChI=1S/C11H13N3O2/c1-3-8(2)13-10-4-5-11(14(15)16)9(6-10)7-12/h4-6,8,13H,3H2,1-2H3. The number of hydrogen-bond acceptors (Lipinski definition) is 4. The maximum absolute atomic E-state index is 10.6. The van der Waals surface area contributed by atoms with Gasteiger partial charge in [0.1, 0.15) is 11.6 Å². The van der Waals surface area contributed by atoms with Gasteiger partial charge < -0.3 is 5.32 Å². The van der Waals surface area contributed by atoms with Crippen LogP contribution in [0.15, 0.2) is 18.2 Å². The van der Waals surface area contributed by atoms with E-state index < -0.39 is 4.92 Å². The van der Waals surface area contributed by atoms with E-state index in [1.807, 2.05) is 19.9 Å². The third-order valence-electron chi connectivity index (χ3n) is 2.34. The summed E-state index contributed by atoms with van der Waals surface area (Å²) in [5.41, 5.74) is 0.659. The Morgan fingerprint density at radius 1 is 1.62 bits per heavy atom. The number of nitriles is 1. The molecule has 0 aromatic heterocycles. The SMILES string of the molecule is CCC(C)Nc1ccc([N+](=O)[O-])c(C#N)c1. The molecule has 0 aliphatic rings. The van der Waals surface area contributed by atoms with Crippen LogP contribution in [-0.4, -0.2) is 11.0 Å². The fourth-order valence-electron chi connectivity index (χ4n) is 1.26. The summed E-state index contributed by atoms with van der Waals surface area (Å²) < 4.78 is 0. The first-order valence-electron chi connectivity index (χ1n) is 5.03. The molecule has 0 aliphatic heterocycles. The van der Waals surface area contributed by atoms with E-state index in [0.29, 0.717) is 0 Å². The quantitative estimate of drug-likeness (QED) is 0.623. The Hall–Kier alpha value is -2.09. The van der Waals surface area contributed by atoms with Gasteiger partial charge in [0.15, 0.2) is 0 Å².